The molecule has 1 aromatic heterocycles. The van der Waals surface area contributed by atoms with Crippen LogP contribution in [0, 0.1) is 13.8 Å². The standard InChI is InChI=1S/C24H22N4O4S/c1-14-4-3-5-17(10-14)28-22(29)9-7-18(27-28)23(30)26-24-25-15(2)21(33-24)12-16-6-8-19-20(11-16)32-13-31-19/h3-6,8,10-11H,7,9,12-13H2,1-2H3,(H,25,26,30). The van der Waals surface area contributed by atoms with Crippen molar-refractivity contribution >= 4 is 39.7 Å². The molecular weight excluding hydrogens is 440 g/mol. The van der Waals surface area contributed by atoms with Gasteiger partial charge in [0, 0.05) is 24.1 Å². The number of aryl methyl sites for hydroxylation is 2. The highest BCUT2D eigenvalue weighted by Crippen LogP contribution is 2.34. The van der Waals surface area contributed by atoms with Crippen LogP contribution >= 0.6 is 11.3 Å². The van der Waals surface area contributed by atoms with E-state index in [-0.39, 0.29) is 25.0 Å². The van der Waals surface area contributed by atoms with Gasteiger partial charge < -0.3 is 9.47 Å². The molecule has 33 heavy (non-hydrogen) atoms. The number of ether oxygens (including phenoxy) is 2. The van der Waals surface area contributed by atoms with E-state index in [9.17, 15) is 9.59 Å². The lowest BCUT2D eigenvalue weighted by Crippen LogP contribution is -2.36. The number of thiazole rings is 1. The van der Waals surface area contributed by atoms with E-state index in [2.05, 4.69) is 15.4 Å². The van der Waals surface area contributed by atoms with E-state index in [1.54, 1.807) is 0 Å². The molecular formula is C24H22N4O4S. The molecule has 2 aliphatic heterocycles. The first kappa shape index (κ1) is 21.1. The summed E-state index contributed by atoms with van der Waals surface area (Å²) in [6, 6.07) is 13.4. The summed E-state index contributed by atoms with van der Waals surface area (Å²) in [5.41, 5.74) is 3.91. The number of hydrogen-bond donors (Lipinski definition) is 1. The molecule has 0 saturated carbocycles. The SMILES string of the molecule is Cc1cccc(N2N=C(C(=O)Nc3nc(C)c(Cc4ccc5c(c4)OCO5)s3)CCC2=O)c1. The van der Waals surface area contributed by atoms with Gasteiger partial charge in [-0.1, -0.05) is 18.2 Å². The molecule has 2 aliphatic rings. The monoisotopic (exact) mass is 462 g/mol. The van der Waals surface area contributed by atoms with Gasteiger partial charge in [-0.25, -0.2) is 9.99 Å². The van der Waals surface area contributed by atoms with Crippen LogP contribution in [-0.2, 0) is 16.0 Å². The molecule has 5 rings (SSSR count). The Morgan fingerprint density at radius 2 is 1.97 bits per heavy atom. The predicted octanol–water partition coefficient (Wildman–Crippen LogP) is 4.20. The normalized spacial score (nSPS) is 14.9. The van der Waals surface area contributed by atoms with Crippen LogP contribution in [0.1, 0.15) is 34.5 Å². The molecule has 0 fully saturated rings. The molecule has 0 saturated heterocycles. The van der Waals surface area contributed by atoms with Crippen LogP contribution in [0.4, 0.5) is 10.8 Å². The fourth-order valence-corrected chi connectivity index (χ4v) is 4.72. The smallest absolute Gasteiger partial charge is 0.273 e. The molecule has 2 amide bonds. The van der Waals surface area contributed by atoms with Gasteiger partial charge in [0.05, 0.1) is 11.4 Å². The topological polar surface area (TPSA) is 93.1 Å². The van der Waals surface area contributed by atoms with Crippen molar-refractivity contribution in [3.05, 3.63) is 64.2 Å². The van der Waals surface area contributed by atoms with Crippen molar-refractivity contribution in [2.24, 2.45) is 5.10 Å². The van der Waals surface area contributed by atoms with Crippen LogP contribution in [0.25, 0.3) is 0 Å². The lowest BCUT2D eigenvalue weighted by Gasteiger charge is -2.23. The summed E-state index contributed by atoms with van der Waals surface area (Å²) < 4.78 is 10.8. The molecule has 3 heterocycles. The van der Waals surface area contributed by atoms with Gasteiger partial charge in [0.25, 0.3) is 5.91 Å². The Morgan fingerprint density at radius 3 is 2.82 bits per heavy atom. The third-order valence-corrected chi connectivity index (χ3v) is 6.53. The number of carbonyl (C=O) groups excluding carboxylic acids is 2. The molecule has 1 N–H and O–H groups in total. The number of fused-ring (bicyclic) bond motifs is 1. The number of hydrazone groups is 1. The maximum absolute atomic E-state index is 12.9. The van der Waals surface area contributed by atoms with Gasteiger partial charge in [-0.15, -0.1) is 11.3 Å². The summed E-state index contributed by atoms with van der Waals surface area (Å²) in [7, 11) is 0. The van der Waals surface area contributed by atoms with Crippen LogP contribution in [0.2, 0.25) is 0 Å². The maximum Gasteiger partial charge on any atom is 0.273 e. The van der Waals surface area contributed by atoms with Gasteiger partial charge in [0.2, 0.25) is 12.7 Å². The van der Waals surface area contributed by atoms with Gasteiger partial charge in [-0.2, -0.15) is 5.10 Å². The summed E-state index contributed by atoms with van der Waals surface area (Å²) in [6.45, 7) is 4.11. The molecule has 0 aliphatic carbocycles. The Labute approximate surface area is 194 Å². The van der Waals surface area contributed by atoms with Gasteiger partial charge in [0.15, 0.2) is 16.6 Å². The Hall–Kier alpha value is -3.72. The van der Waals surface area contributed by atoms with Crippen molar-refractivity contribution in [3.63, 3.8) is 0 Å². The van der Waals surface area contributed by atoms with Crippen molar-refractivity contribution in [3.8, 4) is 11.5 Å². The quantitative estimate of drug-likeness (QED) is 0.613. The van der Waals surface area contributed by atoms with E-state index >= 15 is 0 Å². The van der Waals surface area contributed by atoms with Crippen molar-refractivity contribution in [1.82, 2.24) is 4.98 Å². The first-order chi connectivity index (χ1) is 16.0. The van der Waals surface area contributed by atoms with Crippen LogP contribution in [0.5, 0.6) is 11.5 Å². The summed E-state index contributed by atoms with van der Waals surface area (Å²) in [5.74, 6) is 1.02. The fraction of sp³-hybridized carbons (Fsp3) is 0.250. The van der Waals surface area contributed by atoms with Crippen LogP contribution in [0.15, 0.2) is 47.6 Å². The summed E-state index contributed by atoms with van der Waals surface area (Å²) >= 11 is 1.43. The Morgan fingerprint density at radius 1 is 1.12 bits per heavy atom. The van der Waals surface area contributed by atoms with Crippen LogP contribution in [0.3, 0.4) is 0 Å². The molecule has 3 aromatic rings. The number of aromatic nitrogens is 1. The minimum Gasteiger partial charge on any atom is -0.454 e. The molecule has 168 valence electrons. The van der Waals surface area contributed by atoms with Gasteiger partial charge >= 0.3 is 0 Å². The fourth-order valence-electron chi connectivity index (χ4n) is 3.73. The largest absolute Gasteiger partial charge is 0.454 e. The van der Waals surface area contributed by atoms with Crippen molar-refractivity contribution in [2.75, 3.05) is 17.1 Å². The third-order valence-electron chi connectivity index (χ3n) is 5.46. The average molecular weight is 463 g/mol. The van der Waals surface area contributed by atoms with Gasteiger partial charge in [0.1, 0.15) is 5.71 Å². The number of nitrogens with one attached hydrogen (secondary N) is 1. The van der Waals surface area contributed by atoms with Crippen molar-refractivity contribution in [1.29, 1.82) is 0 Å². The first-order valence-electron chi connectivity index (χ1n) is 10.6. The Kier molecular flexibility index (Phi) is 5.55. The minimum absolute atomic E-state index is 0.131. The number of carbonyl (C=O) groups is 2. The second-order valence-electron chi connectivity index (χ2n) is 7.94. The lowest BCUT2D eigenvalue weighted by molar-refractivity contribution is -0.118. The van der Waals surface area contributed by atoms with E-state index in [0.29, 0.717) is 29.4 Å². The van der Waals surface area contributed by atoms with E-state index in [1.807, 2.05) is 56.3 Å². The number of benzene rings is 2. The average Bonchev–Trinajstić information content (AvgIpc) is 3.40. The summed E-state index contributed by atoms with van der Waals surface area (Å²) in [6.07, 6.45) is 1.19. The molecule has 9 heteroatoms. The minimum atomic E-state index is -0.344. The second kappa shape index (κ2) is 8.67. The molecule has 8 nitrogen and oxygen atoms in total. The highest BCUT2D eigenvalue weighted by Gasteiger charge is 2.26. The van der Waals surface area contributed by atoms with Crippen LogP contribution < -0.4 is 19.8 Å². The molecule has 2 aromatic carbocycles. The summed E-state index contributed by atoms with van der Waals surface area (Å²) in [5, 5.41) is 9.01. The molecule has 0 atom stereocenters. The first-order valence-corrected chi connectivity index (χ1v) is 11.4. The highest BCUT2D eigenvalue weighted by atomic mass is 32.1. The summed E-state index contributed by atoms with van der Waals surface area (Å²) in [4.78, 5) is 30.8. The van der Waals surface area contributed by atoms with Crippen molar-refractivity contribution < 1.29 is 19.1 Å². The van der Waals surface area contributed by atoms with E-state index < -0.39 is 0 Å². The van der Waals surface area contributed by atoms with Crippen LogP contribution in [-0.4, -0.2) is 29.3 Å². The van der Waals surface area contributed by atoms with E-state index in [4.69, 9.17) is 9.47 Å². The Balaban J connectivity index is 1.31. The molecule has 0 spiro atoms. The van der Waals surface area contributed by atoms with E-state index in [0.717, 1.165) is 33.2 Å². The number of rotatable bonds is 5. The number of anilines is 2. The third kappa shape index (κ3) is 4.45. The zero-order valence-electron chi connectivity index (χ0n) is 18.3. The zero-order chi connectivity index (χ0) is 22.9. The predicted molar refractivity (Wildman–Crippen MR) is 126 cm³/mol. The zero-order valence-corrected chi connectivity index (χ0v) is 19.1. The van der Waals surface area contributed by atoms with E-state index in [1.165, 1.54) is 16.3 Å². The van der Waals surface area contributed by atoms with Crippen molar-refractivity contribution in [2.45, 2.75) is 33.1 Å². The lowest BCUT2D eigenvalue weighted by atomic mass is 10.1. The number of nitrogens with zero attached hydrogens (tertiary/aromatic N) is 3. The molecule has 0 unspecified atom stereocenters. The molecule has 0 radical (unpaired) electrons. The number of hydrogen-bond acceptors (Lipinski definition) is 7. The van der Waals surface area contributed by atoms with Gasteiger partial charge in [-0.3, -0.25) is 14.9 Å². The Bertz CT molecular complexity index is 1280. The second-order valence-corrected chi connectivity index (χ2v) is 9.02. The molecule has 0 bridgehead atoms. The number of amides is 2. The maximum atomic E-state index is 12.9. The van der Waals surface area contributed by atoms with Gasteiger partial charge in [-0.05, 0) is 49.2 Å². The highest BCUT2D eigenvalue weighted by molar-refractivity contribution is 7.16.